The average Bonchev–Trinajstić information content (AvgIpc) is 2.31. The molecule has 0 unspecified atom stereocenters. The van der Waals surface area contributed by atoms with Gasteiger partial charge in [-0.25, -0.2) is 4.98 Å². The largest absolute Gasteiger partial charge is 0.397 e. The van der Waals surface area contributed by atoms with E-state index in [9.17, 15) is 9.59 Å². The van der Waals surface area contributed by atoms with Crippen molar-refractivity contribution in [3.63, 3.8) is 0 Å². The summed E-state index contributed by atoms with van der Waals surface area (Å²) in [5.74, 6) is -0.431. The number of rotatable bonds is 4. The first-order chi connectivity index (χ1) is 8.41. The molecule has 0 aliphatic carbocycles. The highest BCUT2D eigenvalue weighted by Gasteiger charge is 2.11. The highest BCUT2D eigenvalue weighted by atomic mass is 35.5. The van der Waals surface area contributed by atoms with Crippen LogP contribution in [-0.2, 0) is 4.79 Å². The number of hydrogen-bond donors (Lipinski definition) is 2. The lowest BCUT2D eigenvalue weighted by Gasteiger charge is -2.11. The van der Waals surface area contributed by atoms with Gasteiger partial charge in [-0.15, -0.1) is 0 Å². The molecular formula is C11H15ClN4O2. The minimum Gasteiger partial charge on any atom is -0.397 e. The lowest BCUT2D eigenvalue weighted by atomic mass is 10.2. The second-order valence-electron chi connectivity index (χ2n) is 3.89. The van der Waals surface area contributed by atoms with Crippen molar-refractivity contribution in [2.24, 2.45) is 0 Å². The van der Waals surface area contributed by atoms with Crippen molar-refractivity contribution in [1.82, 2.24) is 15.2 Å². The number of nitrogens with one attached hydrogen (secondary N) is 1. The number of aromatic nitrogens is 1. The molecule has 18 heavy (non-hydrogen) atoms. The molecule has 1 aromatic heterocycles. The predicted molar refractivity (Wildman–Crippen MR) is 69.3 cm³/mol. The van der Waals surface area contributed by atoms with Gasteiger partial charge in [0.15, 0.2) is 0 Å². The van der Waals surface area contributed by atoms with Crippen LogP contribution in [0, 0.1) is 0 Å². The fourth-order valence-corrected chi connectivity index (χ4v) is 1.40. The summed E-state index contributed by atoms with van der Waals surface area (Å²) >= 11 is 5.68. The molecular weight excluding hydrogens is 256 g/mol. The summed E-state index contributed by atoms with van der Waals surface area (Å²) in [5.41, 5.74) is 6.12. The van der Waals surface area contributed by atoms with Gasteiger partial charge in [-0.1, -0.05) is 11.6 Å². The summed E-state index contributed by atoms with van der Waals surface area (Å²) in [7, 11) is 3.32. The molecule has 0 saturated heterocycles. The molecule has 6 nitrogen and oxygen atoms in total. The Morgan fingerprint density at radius 1 is 1.50 bits per heavy atom. The maximum Gasteiger partial charge on any atom is 0.253 e. The van der Waals surface area contributed by atoms with Crippen molar-refractivity contribution in [2.45, 2.75) is 6.42 Å². The van der Waals surface area contributed by atoms with E-state index in [2.05, 4.69) is 10.3 Å². The Bertz CT molecular complexity index is 462. The number of nitrogens with two attached hydrogens (primary N) is 1. The molecule has 1 rings (SSSR count). The Morgan fingerprint density at radius 3 is 2.78 bits per heavy atom. The fourth-order valence-electron chi connectivity index (χ4n) is 1.24. The lowest BCUT2D eigenvalue weighted by molar-refractivity contribution is -0.128. The number of hydrogen-bond acceptors (Lipinski definition) is 4. The summed E-state index contributed by atoms with van der Waals surface area (Å²) in [4.78, 5) is 28.3. The molecule has 7 heteroatoms. The molecule has 1 heterocycles. The monoisotopic (exact) mass is 270 g/mol. The van der Waals surface area contributed by atoms with Crippen LogP contribution in [-0.4, -0.2) is 42.3 Å². The number of amides is 2. The first-order valence-corrected chi connectivity index (χ1v) is 5.69. The first kappa shape index (κ1) is 14.2. The van der Waals surface area contributed by atoms with E-state index in [0.717, 1.165) is 0 Å². The summed E-state index contributed by atoms with van der Waals surface area (Å²) in [6.45, 7) is 0.245. The van der Waals surface area contributed by atoms with Gasteiger partial charge in [-0.05, 0) is 6.07 Å². The quantitative estimate of drug-likeness (QED) is 0.781. The van der Waals surface area contributed by atoms with Crippen LogP contribution >= 0.6 is 11.6 Å². The third-order valence-corrected chi connectivity index (χ3v) is 2.48. The van der Waals surface area contributed by atoms with Gasteiger partial charge in [0.1, 0.15) is 5.15 Å². The van der Waals surface area contributed by atoms with Gasteiger partial charge in [0.2, 0.25) is 5.91 Å². The summed E-state index contributed by atoms with van der Waals surface area (Å²) in [6.07, 6.45) is 1.56. The minimum atomic E-state index is -0.372. The summed E-state index contributed by atoms with van der Waals surface area (Å²) in [6, 6.07) is 1.39. The third kappa shape index (κ3) is 3.89. The van der Waals surface area contributed by atoms with Gasteiger partial charge in [0.05, 0.1) is 17.4 Å². The molecule has 0 spiro atoms. The molecule has 0 atom stereocenters. The number of pyridine rings is 1. The molecule has 0 radical (unpaired) electrons. The zero-order chi connectivity index (χ0) is 13.7. The molecule has 3 N–H and O–H groups in total. The molecule has 0 saturated carbocycles. The van der Waals surface area contributed by atoms with Crippen LogP contribution in [0.15, 0.2) is 12.3 Å². The Labute approximate surface area is 110 Å². The van der Waals surface area contributed by atoms with Crippen molar-refractivity contribution in [1.29, 1.82) is 0 Å². The molecule has 2 amide bonds. The molecule has 0 aliphatic rings. The number of carbonyl (C=O) groups excluding carboxylic acids is 2. The zero-order valence-corrected chi connectivity index (χ0v) is 11.0. The van der Waals surface area contributed by atoms with Crippen LogP contribution in [0.3, 0.4) is 0 Å². The Morgan fingerprint density at radius 2 is 2.17 bits per heavy atom. The molecule has 98 valence electrons. The van der Waals surface area contributed by atoms with Gasteiger partial charge in [0, 0.05) is 27.1 Å². The number of nitrogens with zero attached hydrogens (tertiary/aromatic N) is 2. The highest BCUT2D eigenvalue weighted by molar-refractivity contribution is 6.29. The SMILES string of the molecule is CN(C)C(=O)CCNC(=O)c1cc(Cl)ncc1N. The van der Waals surface area contributed by atoms with E-state index < -0.39 is 0 Å². The van der Waals surface area contributed by atoms with E-state index in [4.69, 9.17) is 17.3 Å². The molecule has 1 aromatic rings. The molecule has 0 aliphatic heterocycles. The molecule has 0 bridgehead atoms. The van der Waals surface area contributed by atoms with Crippen LogP contribution in [0.4, 0.5) is 5.69 Å². The van der Waals surface area contributed by atoms with E-state index in [1.165, 1.54) is 17.2 Å². The van der Waals surface area contributed by atoms with Gasteiger partial charge in [-0.2, -0.15) is 0 Å². The van der Waals surface area contributed by atoms with Crippen molar-refractivity contribution in [3.8, 4) is 0 Å². The molecule has 0 fully saturated rings. The van der Waals surface area contributed by atoms with E-state index >= 15 is 0 Å². The topological polar surface area (TPSA) is 88.3 Å². The Balaban J connectivity index is 2.56. The number of carbonyl (C=O) groups is 2. The second-order valence-corrected chi connectivity index (χ2v) is 4.28. The standard InChI is InChI=1S/C11H15ClN4O2/c1-16(2)10(17)3-4-14-11(18)7-5-9(12)15-6-8(7)13/h5-6H,3-4,13H2,1-2H3,(H,14,18). The second kappa shape index (κ2) is 6.20. The van der Waals surface area contributed by atoms with Crippen LogP contribution in [0.1, 0.15) is 16.8 Å². The van der Waals surface area contributed by atoms with Crippen LogP contribution < -0.4 is 11.1 Å². The van der Waals surface area contributed by atoms with E-state index in [1.54, 1.807) is 14.1 Å². The van der Waals surface area contributed by atoms with Gasteiger partial charge < -0.3 is 16.0 Å². The Hall–Kier alpha value is -1.82. The summed E-state index contributed by atoms with van der Waals surface area (Å²) in [5, 5.41) is 2.79. The number of nitrogen functional groups attached to an aromatic ring is 1. The van der Waals surface area contributed by atoms with Crippen molar-refractivity contribution in [3.05, 3.63) is 23.0 Å². The minimum absolute atomic E-state index is 0.0592. The van der Waals surface area contributed by atoms with Crippen molar-refractivity contribution >= 4 is 29.1 Å². The van der Waals surface area contributed by atoms with Gasteiger partial charge in [0.25, 0.3) is 5.91 Å². The van der Waals surface area contributed by atoms with E-state index in [0.29, 0.717) is 0 Å². The third-order valence-electron chi connectivity index (χ3n) is 2.27. The van der Waals surface area contributed by atoms with Crippen LogP contribution in [0.5, 0.6) is 0 Å². The van der Waals surface area contributed by atoms with Gasteiger partial charge in [-0.3, -0.25) is 9.59 Å². The van der Waals surface area contributed by atoms with E-state index in [1.807, 2.05) is 0 Å². The summed E-state index contributed by atoms with van der Waals surface area (Å²) < 4.78 is 0. The van der Waals surface area contributed by atoms with E-state index in [-0.39, 0.29) is 41.2 Å². The predicted octanol–water partition coefficient (Wildman–Crippen LogP) is 0.525. The zero-order valence-electron chi connectivity index (χ0n) is 10.2. The smallest absolute Gasteiger partial charge is 0.253 e. The van der Waals surface area contributed by atoms with Crippen molar-refractivity contribution in [2.75, 3.05) is 26.4 Å². The van der Waals surface area contributed by atoms with Crippen LogP contribution in [0.25, 0.3) is 0 Å². The average molecular weight is 271 g/mol. The van der Waals surface area contributed by atoms with Gasteiger partial charge >= 0.3 is 0 Å². The highest BCUT2D eigenvalue weighted by Crippen LogP contribution is 2.14. The maximum absolute atomic E-state index is 11.8. The normalized spacial score (nSPS) is 9.94. The molecule has 0 aromatic carbocycles. The Kier molecular flexibility index (Phi) is 4.91. The van der Waals surface area contributed by atoms with Crippen molar-refractivity contribution < 1.29 is 9.59 Å². The van der Waals surface area contributed by atoms with Crippen LogP contribution in [0.2, 0.25) is 5.15 Å². The first-order valence-electron chi connectivity index (χ1n) is 5.31. The number of halogens is 1. The maximum atomic E-state index is 11.8. The lowest BCUT2D eigenvalue weighted by Crippen LogP contribution is -2.30. The number of anilines is 1. The fraction of sp³-hybridized carbons (Fsp3) is 0.364.